The molecule has 1 aromatic rings. The summed E-state index contributed by atoms with van der Waals surface area (Å²) in [6.45, 7) is 1.73. The van der Waals surface area contributed by atoms with Crippen molar-refractivity contribution in [3.63, 3.8) is 0 Å². The first-order chi connectivity index (χ1) is 9.82. The van der Waals surface area contributed by atoms with Crippen molar-refractivity contribution in [1.82, 2.24) is 10.3 Å². The molecule has 118 valence electrons. The number of benzene rings is 1. The number of alkyl halides is 3. The Labute approximate surface area is 119 Å². The predicted octanol–water partition coefficient (Wildman–Crippen LogP) is 1.68. The summed E-state index contributed by atoms with van der Waals surface area (Å²) in [5.41, 5.74) is 1.41. The van der Waals surface area contributed by atoms with Gasteiger partial charge in [-0.1, -0.05) is 6.07 Å². The van der Waals surface area contributed by atoms with Crippen LogP contribution < -0.4 is 11.3 Å². The molecule has 1 aromatic carbocycles. The van der Waals surface area contributed by atoms with Crippen LogP contribution in [0.1, 0.15) is 17.2 Å². The van der Waals surface area contributed by atoms with Gasteiger partial charge >= 0.3 is 6.18 Å². The maximum Gasteiger partial charge on any atom is 0.419 e. The minimum Gasteiger partial charge on any atom is -0.374 e. The summed E-state index contributed by atoms with van der Waals surface area (Å²) in [6.07, 6.45) is -5.15. The molecule has 1 aliphatic rings. The molecule has 1 saturated heterocycles. The molecule has 2 unspecified atom stereocenters. The third-order valence-corrected chi connectivity index (χ3v) is 3.50. The Morgan fingerprint density at radius 1 is 1.43 bits per heavy atom. The summed E-state index contributed by atoms with van der Waals surface area (Å²) >= 11 is 0. The minimum absolute atomic E-state index is 0.242. The molecule has 21 heavy (non-hydrogen) atoms. The second-order valence-corrected chi connectivity index (χ2v) is 5.05. The molecule has 0 amide bonds. The number of morpholine rings is 1. The Hall–Kier alpha value is -1.22. The largest absolute Gasteiger partial charge is 0.419 e. The second-order valence-electron chi connectivity index (χ2n) is 5.05. The van der Waals surface area contributed by atoms with Gasteiger partial charge in [0.25, 0.3) is 0 Å². The van der Waals surface area contributed by atoms with Crippen LogP contribution in [-0.4, -0.2) is 37.7 Å². The molecule has 1 fully saturated rings. The Morgan fingerprint density at radius 3 is 2.71 bits per heavy atom. The number of nitrogens with one attached hydrogen (secondary N) is 1. The lowest BCUT2D eigenvalue weighted by molar-refractivity contribution is -0.140. The summed E-state index contributed by atoms with van der Waals surface area (Å²) in [4.78, 5) is 1.99. The van der Waals surface area contributed by atoms with Crippen molar-refractivity contribution in [2.24, 2.45) is 5.84 Å². The van der Waals surface area contributed by atoms with Crippen molar-refractivity contribution in [2.75, 3.05) is 26.7 Å². The highest BCUT2D eigenvalue weighted by atomic mass is 19.4. The molecule has 0 aromatic heterocycles. The van der Waals surface area contributed by atoms with Gasteiger partial charge in [0, 0.05) is 13.1 Å². The molecule has 4 nitrogen and oxygen atoms in total. The molecule has 0 bridgehead atoms. The number of ether oxygens (including phenoxy) is 1. The summed E-state index contributed by atoms with van der Waals surface area (Å²) in [5.74, 6) is 4.15. The van der Waals surface area contributed by atoms with Crippen molar-refractivity contribution in [3.05, 3.63) is 35.1 Å². The van der Waals surface area contributed by atoms with E-state index >= 15 is 0 Å². The monoisotopic (exact) mass is 307 g/mol. The van der Waals surface area contributed by atoms with E-state index in [9.17, 15) is 17.6 Å². The van der Waals surface area contributed by atoms with Crippen LogP contribution in [0.25, 0.3) is 0 Å². The first-order valence-electron chi connectivity index (χ1n) is 6.46. The van der Waals surface area contributed by atoms with Gasteiger partial charge in [-0.25, -0.2) is 4.39 Å². The lowest BCUT2D eigenvalue weighted by Gasteiger charge is -2.35. The Bertz CT molecular complexity index is 495. The summed E-state index contributed by atoms with van der Waals surface area (Å²) in [7, 11) is 1.88. The van der Waals surface area contributed by atoms with E-state index in [1.807, 2.05) is 11.9 Å². The van der Waals surface area contributed by atoms with E-state index in [-0.39, 0.29) is 5.56 Å². The van der Waals surface area contributed by atoms with Gasteiger partial charge in [-0.2, -0.15) is 13.2 Å². The molecule has 0 saturated carbocycles. The van der Waals surface area contributed by atoms with Gasteiger partial charge < -0.3 is 9.64 Å². The molecule has 0 aliphatic carbocycles. The number of hydrazine groups is 1. The zero-order chi connectivity index (χ0) is 15.6. The standard InChI is InChI=1S/C13H17F4N3O/c1-20-4-5-21-11(7-20)12(19-18)8-2-3-10(14)9(6-8)13(15,16)17/h2-3,6,11-12,19H,4-5,7,18H2,1H3. The van der Waals surface area contributed by atoms with Crippen molar-refractivity contribution in [3.8, 4) is 0 Å². The maximum atomic E-state index is 13.3. The van der Waals surface area contributed by atoms with Gasteiger partial charge in [-0.05, 0) is 24.7 Å². The fourth-order valence-electron chi connectivity index (χ4n) is 2.38. The quantitative estimate of drug-likeness (QED) is 0.507. The number of likely N-dealkylation sites (N-methyl/N-ethyl adjacent to an activating group) is 1. The van der Waals surface area contributed by atoms with Crippen LogP contribution in [0.4, 0.5) is 17.6 Å². The third-order valence-electron chi connectivity index (χ3n) is 3.50. The molecule has 1 aliphatic heterocycles. The fourth-order valence-corrected chi connectivity index (χ4v) is 2.38. The van der Waals surface area contributed by atoms with Gasteiger partial charge in [-0.15, -0.1) is 0 Å². The number of nitrogens with zero attached hydrogens (tertiary/aromatic N) is 1. The van der Waals surface area contributed by atoms with Crippen LogP contribution in [0.3, 0.4) is 0 Å². The van der Waals surface area contributed by atoms with E-state index in [4.69, 9.17) is 10.6 Å². The van der Waals surface area contributed by atoms with E-state index in [1.54, 1.807) is 0 Å². The van der Waals surface area contributed by atoms with Crippen LogP contribution in [-0.2, 0) is 10.9 Å². The van der Waals surface area contributed by atoms with Gasteiger partial charge in [0.2, 0.25) is 0 Å². The molecular formula is C13H17F4N3O. The lowest BCUT2D eigenvalue weighted by atomic mass is 9.98. The topological polar surface area (TPSA) is 50.5 Å². The number of halogens is 4. The van der Waals surface area contributed by atoms with Gasteiger partial charge in [0.15, 0.2) is 0 Å². The van der Waals surface area contributed by atoms with Crippen LogP contribution in [0.2, 0.25) is 0 Å². The van der Waals surface area contributed by atoms with E-state index in [2.05, 4.69) is 5.43 Å². The van der Waals surface area contributed by atoms with Crippen LogP contribution in [0.15, 0.2) is 18.2 Å². The van der Waals surface area contributed by atoms with E-state index in [0.717, 1.165) is 18.7 Å². The molecule has 1 heterocycles. The Kier molecular flexibility index (Phi) is 4.82. The zero-order valence-corrected chi connectivity index (χ0v) is 11.5. The van der Waals surface area contributed by atoms with E-state index in [1.165, 1.54) is 6.07 Å². The Morgan fingerprint density at radius 2 is 2.14 bits per heavy atom. The van der Waals surface area contributed by atoms with Crippen molar-refractivity contribution in [2.45, 2.75) is 18.3 Å². The Balaban J connectivity index is 2.30. The highest BCUT2D eigenvalue weighted by molar-refractivity contribution is 5.30. The van der Waals surface area contributed by atoms with Crippen LogP contribution in [0.5, 0.6) is 0 Å². The normalized spacial score (nSPS) is 22.3. The van der Waals surface area contributed by atoms with Crippen molar-refractivity contribution < 1.29 is 22.3 Å². The van der Waals surface area contributed by atoms with Crippen LogP contribution in [0, 0.1) is 5.82 Å². The average Bonchev–Trinajstić information content (AvgIpc) is 2.40. The third kappa shape index (κ3) is 3.70. The van der Waals surface area contributed by atoms with Gasteiger partial charge in [-0.3, -0.25) is 11.3 Å². The van der Waals surface area contributed by atoms with Gasteiger partial charge in [0.05, 0.1) is 24.3 Å². The van der Waals surface area contributed by atoms with E-state index in [0.29, 0.717) is 13.2 Å². The summed E-state index contributed by atoms with van der Waals surface area (Å²) in [5, 5.41) is 0. The number of nitrogens with two attached hydrogens (primary N) is 1. The smallest absolute Gasteiger partial charge is 0.374 e. The molecular weight excluding hydrogens is 290 g/mol. The first-order valence-corrected chi connectivity index (χ1v) is 6.46. The molecule has 0 spiro atoms. The fraction of sp³-hybridized carbons (Fsp3) is 0.538. The highest BCUT2D eigenvalue weighted by Gasteiger charge is 2.36. The molecule has 3 N–H and O–H groups in total. The van der Waals surface area contributed by atoms with Crippen molar-refractivity contribution >= 4 is 0 Å². The maximum absolute atomic E-state index is 13.3. The second kappa shape index (κ2) is 6.27. The summed E-state index contributed by atoms with van der Waals surface area (Å²) in [6, 6.07) is 2.22. The molecule has 0 radical (unpaired) electrons. The number of rotatable bonds is 3. The first kappa shape index (κ1) is 16.2. The molecule has 8 heteroatoms. The van der Waals surface area contributed by atoms with E-state index < -0.39 is 29.7 Å². The lowest BCUT2D eigenvalue weighted by Crippen LogP contribution is -2.48. The van der Waals surface area contributed by atoms with Gasteiger partial charge in [0.1, 0.15) is 5.82 Å². The predicted molar refractivity (Wildman–Crippen MR) is 68.7 cm³/mol. The highest BCUT2D eigenvalue weighted by Crippen LogP contribution is 2.33. The minimum atomic E-state index is -4.75. The zero-order valence-electron chi connectivity index (χ0n) is 11.5. The molecule has 2 rings (SSSR count). The summed E-state index contributed by atoms with van der Waals surface area (Å²) < 4.78 is 57.2. The SMILES string of the molecule is CN1CCOC(C(NN)c2ccc(F)c(C(F)(F)F)c2)C1. The number of hydrogen-bond donors (Lipinski definition) is 2. The number of hydrogen-bond acceptors (Lipinski definition) is 4. The molecule has 2 atom stereocenters. The van der Waals surface area contributed by atoms with Crippen LogP contribution >= 0.6 is 0 Å². The van der Waals surface area contributed by atoms with Crippen molar-refractivity contribution in [1.29, 1.82) is 0 Å². The average molecular weight is 307 g/mol.